The van der Waals surface area contributed by atoms with Crippen LogP contribution in [0.1, 0.15) is 28.9 Å². The van der Waals surface area contributed by atoms with Crippen LogP contribution in [0, 0.1) is 0 Å². The Bertz CT molecular complexity index is 1070. The molecule has 4 rings (SSSR count). The monoisotopic (exact) mass is 419 g/mol. The summed E-state index contributed by atoms with van der Waals surface area (Å²) >= 11 is 0. The molecule has 0 saturated heterocycles. The number of amides is 1. The number of benzene rings is 3. The number of hydrogen-bond donors (Lipinski definition) is 1. The van der Waals surface area contributed by atoms with Gasteiger partial charge in [-0.25, -0.2) is 4.79 Å². The van der Waals surface area contributed by atoms with Crippen LogP contribution in [0.3, 0.4) is 0 Å². The first-order chi connectivity index (χ1) is 15.1. The maximum absolute atomic E-state index is 12.2. The van der Waals surface area contributed by atoms with E-state index in [1.54, 1.807) is 30.3 Å². The number of para-hydroxylation sites is 1. The van der Waals surface area contributed by atoms with Crippen LogP contribution in [0.5, 0.6) is 23.0 Å². The van der Waals surface area contributed by atoms with Gasteiger partial charge in [0.2, 0.25) is 6.79 Å². The average Bonchev–Trinajstić information content (AvgIpc) is 3.26. The summed E-state index contributed by atoms with van der Waals surface area (Å²) in [5, 5.41) is 2.80. The topological polar surface area (TPSA) is 83.1 Å². The molecule has 31 heavy (non-hydrogen) atoms. The minimum Gasteiger partial charge on any atom is -0.457 e. The van der Waals surface area contributed by atoms with Crippen LogP contribution in [-0.2, 0) is 9.53 Å². The van der Waals surface area contributed by atoms with Gasteiger partial charge >= 0.3 is 5.97 Å². The van der Waals surface area contributed by atoms with E-state index in [0.717, 1.165) is 5.56 Å². The van der Waals surface area contributed by atoms with Crippen molar-refractivity contribution in [3.05, 3.63) is 83.9 Å². The lowest BCUT2D eigenvalue weighted by Crippen LogP contribution is -2.31. The highest BCUT2D eigenvalue weighted by Gasteiger charge is 2.17. The number of esters is 1. The highest BCUT2D eigenvalue weighted by Crippen LogP contribution is 2.34. The van der Waals surface area contributed by atoms with Crippen molar-refractivity contribution in [1.29, 1.82) is 0 Å². The van der Waals surface area contributed by atoms with Crippen LogP contribution in [0.2, 0.25) is 0 Å². The van der Waals surface area contributed by atoms with Crippen LogP contribution < -0.4 is 19.5 Å². The van der Waals surface area contributed by atoms with Crippen LogP contribution in [0.15, 0.2) is 72.8 Å². The number of hydrogen-bond acceptors (Lipinski definition) is 6. The van der Waals surface area contributed by atoms with E-state index in [-0.39, 0.29) is 19.4 Å². The molecule has 1 N–H and O–H groups in total. The third-order valence-electron chi connectivity index (χ3n) is 4.68. The second-order valence-electron chi connectivity index (χ2n) is 6.92. The van der Waals surface area contributed by atoms with Gasteiger partial charge < -0.3 is 24.3 Å². The number of rotatable bonds is 7. The van der Waals surface area contributed by atoms with E-state index < -0.39 is 11.9 Å². The summed E-state index contributed by atoms with van der Waals surface area (Å²) in [5.41, 5.74) is 1.19. The van der Waals surface area contributed by atoms with Gasteiger partial charge in [0.1, 0.15) is 11.5 Å². The smallest absolute Gasteiger partial charge is 0.338 e. The van der Waals surface area contributed by atoms with Crippen molar-refractivity contribution in [2.75, 3.05) is 13.4 Å². The molecule has 1 atom stereocenters. The Morgan fingerprint density at radius 1 is 0.935 bits per heavy atom. The zero-order valence-electron chi connectivity index (χ0n) is 16.9. The van der Waals surface area contributed by atoms with Crippen molar-refractivity contribution in [3.8, 4) is 23.0 Å². The van der Waals surface area contributed by atoms with E-state index in [9.17, 15) is 9.59 Å². The lowest BCUT2D eigenvalue weighted by atomic mass is 10.1. The minimum atomic E-state index is -0.586. The first-order valence-electron chi connectivity index (χ1n) is 9.77. The predicted molar refractivity (Wildman–Crippen MR) is 112 cm³/mol. The second kappa shape index (κ2) is 9.21. The van der Waals surface area contributed by atoms with E-state index in [0.29, 0.717) is 28.6 Å². The Labute approximate surface area is 179 Å². The summed E-state index contributed by atoms with van der Waals surface area (Å²) in [6.07, 6.45) is 0. The van der Waals surface area contributed by atoms with E-state index in [1.165, 1.54) is 0 Å². The summed E-state index contributed by atoms with van der Waals surface area (Å²) in [6.45, 7) is 1.65. The zero-order valence-corrected chi connectivity index (χ0v) is 16.9. The fourth-order valence-corrected chi connectivity index (χ4v) is 3.05. The SMILES string of the molecule is C[C@@H](NC(=O)COC(=O)c1ccc(Oc2ccccc2)cc1)c1ccc2c(c1)OCO2. The fraction of sp³-hybridized carbons (Fsp3) is 0.167. The molecule has 0 spiro atoms. The van der Waals surface area contributed by atoms with Crippen molar-refractivity contribution >= 4 is 11.9 Å². The minimum absolute atomic E-state index is 0.189. The van der Waals surface area contributed by atoms with Gasteiger partial charge in [-0.2, -0.15) is 0 Å². The van der Waals surface area contributed by atoms with Gasteiger partial charge in [-0.3, -0.25) is 4.79 Å². The molecule has 0 aromatic heterocycles. The number of nitrogens with one attached hydrogen (secondary N) is 1. The van der Waals surface area contributed by atoms with Crippen molar-refractivity contribution in [2.45, 2.75) is 13.0 Å². The average molecular weight is 419 g/mol. The second-order valence-corrected chi connectivity index (χ2v) is 6.92. The maximum atomic E-state index is 12.2. The van der Waals surface area contributed by atoms with Crippen molar-refractivity contribution in [1.82, 2.24) is 5.32 Å². The molecule has 7 heteroatoms. The quantitative estimate of drug-likeness (QED) is 0.577. The van der Waals surface area contributed by atoms with Crippen LogP contribution >= 0.6 is 0 Å². The van der Waals surface area contributed by atoms with Gasteiger partial charge in [-0.1, -0.05) is 24.3 Å². The van der Waals surface area contributed by atoms with Crippen molar-refractivity contribution in [2.24, 2.45) is 0 Å². The van der Waals surface area contributed by atoms with Gasteiger partial charge in [0.15, 0.2) is 18.1 Å². The zero-order chi connectivity index (χ0) is 21.6. The number of fused-ring (bicyclic) bond motifs is 1. The molecule has 1 amide bonds. The van der Waals surface area contributed by atoms with Gasteiger partial charge in [-0.15, -0.1) is 0 Å². The van der Waals surface area contributed by atoms with Crippen molar-refractivity contribution in [3.63, 3.8) is 0 Å². The van der Waals surface area contributed by atoms with Crippen LogP contribution in [-0.4, -0.2) is 25.3 Å². The molecule has 0 radical (unpaired) electrons. The van der Waals surface area contributed by atoms with Crippen LogP contribution in [0.25, 0.3) is 0 Å². The number of carbonyl (C=O) groups excluding carboxylic acids is 2. The molecule has 1 aliphatic rings. The Morgan fingerprint density at radius 2 is 1.65 bits per heavy atom. The normalized spacial score (nSPS) is 12.7. The number of carbonyl (C=O) groups is 2. The van der Waals surface area contributed by atoms with Gasteiger partial charge in [0, 0.05) is 0 Å². The summed E-state index contributed by atoms with van der Waals surface area (Å²) in [5.74, 6) is 1.63. The molecule has 3 aromatic rings. The summed E-state index contributed by atoms with van der Waals surface area (Å²) in [4.78, 5) is 24.4. The van der Waals surface area contributed by atoms with Gasteiger partial charge in [0.25, 0.3) is 5.91 Å². The van der Waals surface area contributed by atoms with Crippen LogP contribution in [0.4, 0.5) is 0 Å². The molecule has 0 bridgehead atoms. The van der Waals surface area contributed by atoms with Gasteiger partial charge in [0.05, 0.1) is 11.6 Å². The first-order valence-corrected chi connectivity index (χ1v) is 9.77. The summed E-state index contributed by atoms with van der Waals surface area (Å²) < 4.78 is 21.4. The number of ether oxygens (including phenoxy) is 4. The highest BCUT2D eigenvalue weighted by molar-refractivity contribution is 5.91. The van der Waals surface area contributed by atoms with E-state index >= 15 is 0 Å². The van der Waals surface area contributed by atoms with E-state index in [2.05, 4.69) is 5.32 Å². The van der Waals surface area contributed by atoms with E-state index in [1.807, 2.05) is 49.4 Å². The predicted octanol–water partition coefficient (Wildman–Crippen LogP) is 4.24. The largest absolute Gasteiger partial charge is 0.457 e. The maximum Gasteiger partial charge on any atom is 0.338 e. The molecule has 158 valence electrons. The molecule has 0 fully saturated rings. The molecule has 7 nitrogen and oxygen atoms in total. The summed E-state index contributed by atoms with van der Waals surface area (Å²) in [6, 6.07) is 21.0. The third-order valence-corrected chi connectivity index (χ3v) is 4.68. The molecule has 3 aromatic carbocycles. The fourth-order valence-electron chi connectivity index (χ4n) is 3.05. The molecule has 0 saturated carbocycles. The molecule has 0 unspecified atom stereocenters. The first kappa shape index (κ1) is 20.3. The van der Waals surface area contributed by atoms with E-state index in [4.69, 9.17) is 18.9 Å². The Balaban J connectivity index is 1.26. The third kappa shape index (κ3) is 5.14. The highest BCUT2D eigenvalue weighted by atomic mass is 16.7. The Kier molecular flexibility index (Phi) is 6.03. The molecule has 1 heterocycles. The molecular formula is C24H21NO6. The van der Waals surface area contributed by atoms with Crippen molar-refractivity contribution < 1.29 is 28.5 Å². The Morgan fingerprint density at radius 3 is 2.42 bits per heavy atom. The Hall–Kier alpha value is -4.00. The lowest BCUT2D eigenvalue weighted by molar-refractivity contribution is -0.124. The molecular weight excluding hydrogens is 398 g/mol. The molecule has 1 aliphatic heterocycles. The molecule has 0 aliphatic carbocycles. The van der Waals surface area contributed by atoms with Gasteiger partial charge in [-0.05, 0) is 61.0 Å². The summed E-state index contributed by atoms with van der Waals surface area (Å²) in [7, 11) is 0. The standard InChI is InChI=1S/C24H21NO6/c1-16(18-9-12-21-22(13-18)30-15-29-21)25-23(26)14-28-24(27)17-7-10-20(11-8-17)31-19-5-3-2-4-6-19/h2-13,16H,14-15H2,1H3,(H,25,26)/t16-/m1/s1. The lowest BCUT2D eigenvalue weighted by Gasteiger charge is -2.15.